The molecule has 2 aromatic rings. The number of amides is 1. The molecule has 0 aliphatic heterocycles. The van der Waals surface area contributed by atoms with Gasteiger partial charge in [0.25, 0.3) is 5.91 Å². The first-order valence-electron chi connectivity index (χ1n) is 6.08. The van der Waals surface area contributed by atoms with Crippen LogP contribution < -0.4 is 5.32 Å². The molecule has 0 spiro atoms. The van der Waals surface area contributed by atoms with Gasteiger partial charge in [-0.1, -0.05) is 24.6 Å². The van der Waals surface area contributed by atoms with E-state index < -0.39 is 0 Å². The molecule has 2 heterocycles. The number of aryl methyl sites for hydroxylation is 1. The molecule has 1 amide bonds. The zero-order chi connectivity index (χ0) is 13.8. The molecule has 1 unspecified atom stereocenters. The van der Waals surface area contributed by atoms with Crippen molar-refractivity contribution >= 4 is 28.8 Å². The van der Waals surface area contributed by atoms with Crippen molar-refractivity contribution in [2.45, 2.75) is 26.3 Å². The molecule has 2 aromatic heterocycles. The first kappa shape index (κ1) is 14.0. The van der Waals surface area contributed by atoms with Gasteiger partial charge in [0.2, 0.25) is 0 Å². The van der Waals surface area contributed by atoms with E-state index in [0.29, 0.717) is 10.7 Å². The van der Waals surface area contributed by atoms with E-state index in [2.05, 4.69) is 17.2 Å². The maximum atomic E-state index is 12.2. The van der Waals surface area contributed by atoms with Crippen LogP contribution in [-0.2, 0) is 0 Å². The molecule has 0 radical (unpaired) electrons. The fourth-order valence-electron chi connectivity index (χ4n) is 1.86. The van der Waals surface area contributed by atoms with E-state index in [9.17, 15) is 4.79 Å². The highest BCUT2D eigenvalue weighted by Gasteiger charge is 2.15. The average Bonchev–Trinajstić information content (AvgIpc) is 2.88. The Hall–Kier alpha value is -1.39. The number of pyridine rings is 1. The molecule has 0 bridgehead atoms. The van der Waals surface area contributed by atoms with Gasteiger partial charge in [0.05, 0.1) is 6.04 Å². The van der Waals surface area contributed by atoms with Gasteiger partial charge in [-0.3, -0.25) is 4.79 Å². The molecule has 2 rings (SSSR count). The SMILES string of the molecule is CCC(NC(=O)c1cc(C)nc(Cl)c1)c1cccs1. The second-order valence-corrected chi connectivity index (χ2v) is 5.64. The van der Waals surface area contributed by atoms with E-state index in [4.69, 9.17) is 11.6 Å². The number of hydrogen-bond donors (Lipinski definition) is 1. The fourth-order valence-corrected chi connectivity index (χ4v) is 2.98. The minimum Gasteiger partial charge on any atom is -0.344 e. The van der Waals surface area contributed by atoms with Crippen LogP contribution >= 0.6 is 22.9 Å². The van der Waals surface area contributed by atoms with Gasteiger partial charge in [0.1, 0.15) is 5.15 Å². The Bertz CT molecular complexity index is 549. The van der Waals surface area contributed by atoms with E-state index in [1.54, 1.807) is 23.5 Å². The molecule has 5 heteroatoms. The Labute approximate surface area is 121 Å². The van der Waals surface area contributed by atoms with Crippen molar-refractivity contribution in [2.75, 3.05) is 0 Å². The van der Waals surface area contributed by atoms with Crippen molar-refractivity contribution in [3.8, 4) is 0 Å². The topological polar surface area (TPSA) is 42.0 Å². The Balaban J connectivity index is 2.15. The van der Waals surface area contributed by atoms with Gasteiger partial charge >= 0.3 is 0 Å². The third kappa shape index (κ3) is 3.55. The van der Waals surface area contributed by atoms with Crippen LogP contribution in [0.3, 0.4) is 0 Å². The highest BCUT2D eigenvalue weighted by Crippen LogP contribution is 2.22. The molecular formula is C14H15ClN2OS. The highest BCUT2D eigenvalue weighted by atomic mass is 35.5. The van der Waals surface area contributed by atoms with E-state index in [1.165, 1.54) is 0 Å². The predicted molar refractivity (Wildman–Crippen MR) is 78.8 cm³/mol. The Morgan fingerprint density at radius 3 is 2.89 bits per heavy atom. The summed E-state index contributed by atoms with van der Waals surface area (Å²) in [4.78, 5) is 17.4. The van der Waals surface area contributed by atoms with Crippen LogP contribution in [0.25, 0.3) is 0 Å². The standard InChI is InChI=1S/C14H15ClN2OS/c1-3-11(12-5-4-6-19-12)17-14(18)10-7-9(2)16-13(15)8-10/h4-8,11H,3H2,1-2H3,(H,17,18). The zero-order valence-electron chi connectivity index (χ0n) is 10.8. The van der Waals surface area contributed by atoms with E-state index in [1.807, 2.05) is 24.4 Å². The fraction of sp³-hybridized carbons (Fsp3) is 0.286. The van der Waals surface area contributed by atoms with Crippen molar-refractivity contribution < 1.29 is 4.79 Å². The number of hydrogen-bond acceptors (Lipinski definition) is 3. The van der Waals surface area contributed by atoms with Crippen molar-refractivity contribution in [3.05, 3.63) is 50.9 Å². The normalized spacial score (nSPS) is 12.2. The lowest BCUT2D eigenvalue weighted by Gasteiger charge is -2.15. The summed E-state index contributed by atoms with van der Waals surface area (Å²) in [5.74, 6) is -0.118. The molecule has 100 valence electrons. The number of aromatic nitrogens is 1. The molecule has 1 N–H and O–H groups in total. The van der Waals surface area contributed by atoms with E-state index >= 15 is 0 Å². The molecule has 0 saturated heterocycles. The van der Waals surface area contributed by atoms with Crippen LogP contribution in [0.4, 0.5) is 0 Å². The largest absolute Gasteiger partial charge is 0.344 e. The summed E-state index contributed by atoms with van der Waals surface area (Å²) in [6.45, 7) is 3.87. The van der Waals surface area contributed by atoms with Gasteiger partial charge in [-0.2, -0.15) is 0 Å². The van der Waals surface area contributed by atoms with Crippen molar-refractivity contribution in [1.82, 2.24) is 10.3 Å². The van der Waals surface area contributed by atoms with Gasteiger partial charge < -0.3 is 5.32 Å². The zero-order valence-corrected chi connectivity index (χ0v) is 12.4. The second kappa shape index (κ2) is 6.17. The van der Waals surface area contributed by atoms with Crippen LogP contribution in [0, 0.1) is 6.92 Å². The van der Waals surface area contributed by atoms with Gasteiger partial charge in [0.15, 0.2) is 0 Å². The Morgan fingerprint density at radius 1 is 1.53 bits per heavy atom. The van der Waals surface area contributed by atoms with Gasteiger partial charge in [-0.15, -0.1) is 11.3 Å². The molecule has 0 aromatic carbocycles. The molecule has 0 saturated carbocycles. The van der Waals surface area contributed by atoms with Crippen LogP contribution in [-0.4, -0.2) is 10.9 Å². The molecule has 0 aliphatic carbocycles. The predicted octanol–water partition coefficient (Wildman–Crippen LogP) is 3.99. The second-order valence-electron chi connectivity index (χ2n) is 4.27. The Morgan fingerprint density at radius 2 is 2.32 bits per heavy atom. The van der Waals surface area contributed by atoms with Crippen LogP contribution in [0.1, 0.15) is 40.3 Å². The summed E-state index contributed by atoms with van der Waals surface area (Å²) >= 11 is 7.52. The van der Waals surface area contributed by atoms with Crippen molar-refractivity contribution in [2.24, 2.45) is 0 Å². The lowest BCUT2D eigenvalue weighted by molar-refractivity contribution is 0.0936. The maximum absolute atomic E-state index is 12.2. The minimum atomic E-state index is -0.118. The summed E-state index contributed by atoms with van der Waals surface area (Å²) in [7, 11) is 0. The lowest BCUT2D eigenvalue weighted by Crippen LogP contribution is -2.27. The smallest absolute Gasteiger partial charge is 0.251 e. The number of nitrogens with zero attached hydrogens (tertiary/aromatic N) is 1. The molecule has 0 fully saturated rings. The molecule has 3 nitrogen and oxygen atoms in total. The van der Waals surface area contributed by atoms with Crippen molar-refractivity contribution in [3.63, 3.8) is 0 Å². The van der Waals surface area contributed by atoms with Crippen LogP contribution in [0.2, 0.25) is 5.15 Å². The summed E-state index contributed by atoms with van der Waals surface area (Å²) in [6, 6.07) is 7.39. The highest BCUT2D eigenvalue weighted by molar-refractivity contribution is 7.10. The van der Waals surface area contributed by atoms with Gasteiger partial charge in [-0.05, 0) is 36.9 Å². The summed E-state index contributed by atoms with van der Waals surface area (Å²) < 4.78 is 0. The van der Waals surface area contributed by atoms with E-state index in [0.717, 1.165) is 17.0 Å². The maximum Gasteiger partial charge on any atom is 0.251 e. The van der Waals surface area contributed by atoms with Crippen LogP contribution in [0.15, 0.2) is 29.6 Å². The number of halogens is 1. The third-order valence-electron chi connectivity index (χ3n) is 2.78. The van der Waals surface area contributed by atoms with Gasteiger partial charge in [-0.25, -0.2) is 4.98 Å². The summed E-state index contributed by atoms with van der Waals surface area (Å²) in [5.41, 5.74) is 1.29. The van der Waals surface area contributed by atoms with E-state index in [-0.39, 0.29) is 11.9 Å². The third-order valence-corrected chi connectivity index (χ3v) is 3.96. The number of rotatable bonds is 4. The lowest BCUT2D eigenvalue weighted by atomic mass is 10.1. The summed E-state index contributed by atoms with van der Waals surface area (Å²) in [6.07, 6.45) is 0.851. The number of thiophene rings is 1. The summed E-state index contributed by atoms with van der Waals surface area (Å²) in [5, 5.41) is 5.38. The number of nitrogens with one attached hydrogen (secondary N) is 1. The number of carbonyl (C=O) groups is 1. The van der Waals surface area contributed by atoms with Gasteiger partial charge in [0, 0.05) is 16.1 Å². The van der Waals surface area contributed by atoms with Crippen LogP contribution in [0.5, 0.6) is 0 Å². The molecule has 1 atom stereocenters. The monoisotopic (exact) mass is 294 g/mol. The first-order valence-corrected chi connectivity index (χ1v) is 7.34. The first-order chi connectivity index (χ1) is 9.10. The van der Waals surface area contributed by atoms with Crippen molar-refractivity contribution in [1.29, 1.82) is 0 Å². The molecule has 19 heavy (non-hydrogen) atoms. The quantitative estimate of drug-likeness (QED) is 0.867. The molecular weight excluding hydrogens is 280 g/mol. The average molecular weight is 295 g/mol. The number of carbonyl (C=O) groups excluding carboxylic acids is 1. The molecule has 0 aliphatic rings. The Kier molecular flexibility index (Phi) is 4.56. The minimum absolute atomic E-state index is 0.0414.